The van der Waals surface area contributed by atoms with Crippen LogP contribution in [0.5, 0.6) is 0 Å². The number of benzene rings is 1. The van der Waals surface area contributed by atoms with Gasteiger partial charge in [0.25, 0.3) is 0 Å². The highest BCUT2D eigenvalue weighted by atomic mass is 35.5. The second kappa shape index (κ2) is 5.11. The van der Waals surface area contributed by atoms with Gasteiger partial charge in [0.2, 0.25) is 0 Å². The van der Waals surface area contributed by atoms with Gasteiger partial charge >= 0.3 is 0 Å². The number of rotatable bonds is 2. The zero-order chi connectivity index (χ0) is 12.3. The first-order chi connectivity index (χ1) is 7.30. The third-order valence-electron chi connectivity index (χ3n) is 2.00. The summed E-state index contributed by atoms with van der Waals surface area (Å²) in [5.74, 6) is 0. The Bertz CT molecular complexity index is 435. The number of nitrogens with zero attached hydrogens (tertiary/aromatic N) is 1. The van der Waals surface area contributed by atoms with Crippen LogP contribution in [0.15, 0.2) is 22.6 Å². The Morgan fingerprint density at radius 1 is 1.38 bits per heavy atom. The van der Waals surface area contributed by atoms with Crippen LogP contribution in [0.25, 0.3) is 0 Å². The minimum absolute atomic E-state index is 0.321. The topological polar surface area (TPSA) is 29.4 Å². The molecule has 0 saturated carbocycles. The highest BCUT2D eigenvalue weighted by Gasteiger charge is 2.17. The van der Waals surface area contributed by atoms with Gasteiger partial charge in [-0.2, -0.15) is 4.40 Å². The highest BCUT2D eigenvalue weighted by molar-refractivity contribution is 7.85. The molecule has 4 heteroatoms. The van der Waals surface area contributed by atoms with Gasteiger partial charge < -0.3 is 0 Å². The fourth-order valence-electron chi connectivity index (χ4n) is 1.02. The van der Waals surface area contributed by atoms with E-state index in [1.165, 1.54) is 0 Å². The second-order valence-electron chi connectivity index (χ2n) is 4.60. The first-order valence-electron chi connectivity index (χ1n) is 5.03. The van der Waals surface area contributed by atoms with Gasteiger partial charge in [-0.3, -0.25) is 0 Å². The third kappa shape index (κ3) is 3.72. The van der Waals surface area contributed by atoms with Crippen LogP contribution in [0.4, 0.5) is 0 Å². The molecule has 1 rings (SSSR count). The van der Waals surface area contributed by atoms with Gasteiger partial charge in [-0.05, 0) is 51.0 Å². The maximum absolute atomic E-state index is 11.7. The lowest BCUT2D eigenvalue weighted by Gasteiger charge is -2.12. The van der Waals surface area contributed by atoms with Crippen molar-refractivity contribution in [2.24, 2.45) is 4.40 Å². The van der Waals surface area contributed by atoms with E-state index >= 15 is 0 Å². The summed E-state index contributed by atoms with van der Waals surface area (Å²) in [6, 6.07) is 5.60. The first kappa shape index (κ1) is 13.4. The highest BCUT2D eigenvalue weighted by Crippen LogP contribution is 2.16. The molecule has 0 aliphatic heterocycles. The summed E-state index contributed by atoms with van der Waals surface area (Å²) in [5, 5.41) is 0.731. The summed E-state index contributed by atoms with van der Waals surface area (Å²) in [6.45, 7) is 7.62. The van der Waals surface area contributed by atoms with Crippen molar-refractivity contribution in [1.29, 1.82) is 0 Å². The van der Waals surface area contributed by atoms with Crippen molar-refractivity contribution < 1.29 is 4.21 Å². The molecule has 0 radical (unpaired) electrons. The van der Waals surface area contributed by atoms with Crippen molar-refractivity contribution in [1.82, 2.24) is 0 Å². The fraction of sp³-hybridized carbons (Fsp3) is 0.417. The van der Waals surface area contributed by atoms with Crippen molar-refractivity contribution in [3.8, 4) is 0 Å². The lowest BCUT2D eigenvalue weighted by Crippen LogP contribution is -2.19. The predicted molar refractivity (Wildman–Crippen MR) is 71.7 cm³/mol. The van der Waals surface area contributed by atoms with E-state index in [0.717, 1.165) is 16.1 Å². The van der Waals surface area contributed by atoms with E-state index in [4.69, 9.17) is 11.6 Å². The Labute approximate surface area is 104 Å². The summed E-state index contributed by atoms with van der Waals surface area (Å²) < 4.78 is 15.4. The Kier molecular flexibility index (Phi) is 4.28. The molecule has 0 fully saturated rings. The lowest BCUT2D eigenvalue weighted by molar-refractivity contribution is 0.651. The van der Waals surface area contributed by atoms with E-state index in [2.05, 4.69) is 4.40 Å². The summed E-state index contributed by atoms with van der Waals surface area (Å²) in [6.07, 6.45) is 1.63. The molecule has 0 aliphatic rings. The van der Waals surface area contributed by atoms with Crippen LogP contribution in [-0.2, 0) is 11.0 Å². The van der Waals surface area contributed by atoms with Crippen LogP contribution in [0, 0.1) is 6.92 Å². The standard InChI is InChI=1S/C12H16ClNOS/c1-9-7-10(5-6-11(9)13)8-14-16(15)12(2,3)4/h5-8H,1-4H3/t16-/m0/s1. The Morgan fingerprint density at radius 3 is 2.50 bits per heavy atom. The van der Waals surface area contributed by atoms with Gasteiger partial charge in [0.05, 0.1) is 4.75 Å². The average Bonchev–Trinajstić information content (AvgIpc) is 2.18. The summed E-state index contributed by atoms with van der Waals surface area (Å²) in [5.41, 5.74) is 1.91. The Balaban J connectivity index is 2.85. The average molecular weight is 258 g/mol. The molecule has 88 valence electrons. The molecule has 2 nitrogen and oxygen atoms in total. The van der Waals surface area contributed by atoms with E-state index in [1.807, 2.05) is 45.9 Å². The van der Waals surface area contributed by atoms with E-state index in [-0.39, 0.29) is 4.75 Å². The quantitative estimate of drug-likeness (QED) is 0.746. The first-order valence-corrected chi connectivity index (χ1v) is 6.51. The molecule has 0 unspecified atom stereocenters. The van der Waals surface area contributed by atoms with Gasteiger partial charge in [0.15, 0.2) is 0 Å². The van der Waals surface area contributed by atoms with Crippen molar-refractivity contribution in [2.75, 3.05) is 0 Å². The molecule has 0 amide bonds. The van der Waals surface area contributed by atoms with Crippen LogP contribution in [-0.4, -0.2) is 15.2 Å². The van der Waals surface area contributed by atoms with Gasteiger partial charge in [-0.15, -0.1) is 0 Å². The molecule has 0 aliphatic carbocycles. The lowest BCUT2D eigenvalue weighted by atomic mass is 10.1. The smallest absolute Gasteiger partial charge is 0.144 e. The Hall–Kier alpha value is -0.670. The molecule has 0 spiro atoms. The van der Waals surface area contributed by atoms with Gasteiger partial charge in [-0.25, -0.2) is 4.21 Å². The summed E-state index contributed by atoms with van der Waals surface area (Å²) in [4.78, 5) is 0. The predicted octanol–water partition coefficient (Wildman–Crippen LogP) is 3.53. The molecular formula is C12H16ClNOS. The number of hydrogen-bond donors (Lipinski definition) is 0. The maximum atomic E-state index is 11.7. The zero-order valence-corrected chi connectivity index (χ0v) is 11.5. The van der Waals surface area contributed by atoms with Gasteiger partial charge in [0.1, 0.15) is 11.0 Å². The molecule has 0 heterocycles. The SMILES string of the molecule is Cc1cc(C=N[S@@](=O)C(C)(C)C)ccc1Cl. The van der Waals surface area contributed by atoms with Crippen molar-refractivity contribution >= 4 is 28.8 Å². The number of aryl methyl sites for hydroxylation is 1. The van der Waals surface area contributed by atoms with Crippen molar-refractivity contribution in [3.63, 3.8) is 0 Å². The van der Waals surface area contributed by atoms with Crippen LogP contribution in [0.3, 0.4) is 0 Å². The van der Waals surface area contributed by atoms with Crippen LogP contribution >= 0.6 is 11.6 Å². The third-order valence-corrected chi connectivity index (χ3v) is 3.77. The molecule has 0 bridgehead atoms. The van der Waals surface area contributed by atoms with Crippen LogP contribution < -0.4 is 0 Å². The number of halogens is 1. The van der Waals surface area contributed by atoms with Gasteiger partial charge in [0, 0.05) is 11.2 Å². The summed E-state index contributed by atoms with van der Waals surface area (Å²) in [7, 11) is -1.21. The van der Waals surface area contributed by atoms with E-state index in [9.17, 15) is 4.21 Å². The van der Waals surface area contributed by atoms with Crippen LogP contribution in [0.1, 0.15) is 31.9 Å². The summed E-state index contributed by atoms with van der Waals surface area (Å²) >= 11 is 5.91. The minimum Gasteiger partial charge on any atom is -0.234 e. The van der Waals surface area contributed by atoms with E-state index in [1.54, 1.807) is 6.21 Å². The normalized spacial score (nSPS) is 14.3. The molecule has 0 N–H and O–H groups in total. The molecule has 0 saturated heterocycles. The largest absolute Gasteiger partial charge is 0.234 e. The minimum atomic E-state index is -1.21. The molecule has 1 atom stereocenters. The maximum Gasteiger partial charge on any atom is 0.144 e. The fourth-order valence-corrected chi connectivity index (χ4v) is 1.67. The molecule has 1 aromatic rings. The van der Waals surface area contributed by atoms with Crippen molar-refractivity contribution in [3.05, 3.63) is 34.3 Å². The number of hydrogen-bond acceptors (Lipinski definition) is 1. The van der Waals surface area contributed by atoms with E-state index in [0.29, 0.717) is 0 Å². The zero-order valence-electron chi connectivity index (χ0n) is 9.95. The Morgan fingerprint density at radius 2 is 2.00 bits per heavy atom. The molecule has 0 aromatic heterocycles. The molecule has 1 aromatic carbocycles. The molecular weight excluding hydrogens is 242 g/mol. The van der Waals surface area contributed by atoms with Crippen molar-refractivity contribution in [2.45, 2.75) is 32.4 Å². The second-order valence-corrected chi connectivity index (χ2v) is 6.95. The molecule has 16 heavy (non-hydrogen) atoms. The van der Waals surface area contributed by atoms with E-state index < -0.39 is 11.0 Å². The van der Waals surface area contributed by atoms with Crippen LogP contribution in [0.2, 0.25) is 5.02 Å². The van der Waals surface area contributed by atoms with Gasteiger partial charge in [-0.1, -0.05) is 17.7 Å². The monoisotopic (exact) mass is 257 g/mol.